The number of nitrogens with one attached hydrogen (secondary N) is 1. The number of halogens is 1. The summed E-state index contributed by atoms with van der Waals surface area (Å²) in [6.45, 7) is 8.97. The number of urea groups is 1. The van der Waals surface area contributed by atoms with Gasteiger partial charge in [-0.25, -0.2) is 9.18 Å². The molecule has 0 aliphatic carbocycles. The van der Waals surface area contributed by atoms with E-state index in [2.05, 4.69) is 10.4 Å². The van der Waals surface area contributed by atoms with Crippen LogP contribution in [0.1, 0.15) is 31.9 Å². The first-order valence-corrected chi connectivity index (χ1v) is 7.75. The molecule has 0 unspecified atom stereocenters. The Hall–Kier alpha value is -2.37. The van der Waals surface area contributed by atoms with E-state index in [0.29, 0.717) is 17.8 Å². The third kappa shape index (κ3) is 4.31. The van der Waals surface area contributed by atoms with Gasteiger partial charge in [-0.1, -0.05) is 0 Å². The summed E-state index contributed by atoms with van der Waals surface area (Å²) in [4.78, 5) is 14.3. The van der Waals surface area contributed by atoms with Crippen LogP contribution in [0.5, 0.6) is 0 Å². The Morgan fingerprint density at radius 2 is 2.17 bits per heavy atom. The maximum atomic E-state index is 13.2. The van der Waals surface area contributed by atoms with Gasteiger partial charge in [0.05, 0.1) is 12.7 Å². The Bertz CT molecular complexity index is 681. The Labute approximate surface area is 136 Å². The number of benzene rings is 1. The zero-order valence-corrected chi connectivity index (χ0v) is 14.0. The fraction of sp³-hybridized carbons (Fsp3) is 0.412. The van der Waals surface area contributed by atoms with E-state index >= 15 is 0 Å². The molecule has 0 radical (unpaired) electrons. The van der Waals surface area contributed by atoms with E-state index in [4.69, 9.17) is 0 Å². The van der Waals surface area contributed by atoms with Crippen LogP contribution in [0.2, 0.25) is 0 Å². The summed E-state index contributed by atoms with van der Waals surface area (Å²) in [6.07, 6.45) is 3.71. The number of nitrogens with zero attached hydrogens (tertiary/aromatic N) is 3. The van der Waals surface area contributed by atoms with Gasteiger partial charge >= 0.3 is 6.03 Å². The molecule has 1 N–H and O–H groups in total. The van der Waals surface area contributed by atoms with Crippen molar-refractivity contribution in [2.45, 2.75) is 46.8 Å². The second kappa shape index (κ2) is 7.26. The van der Waals surface area contributed by atoms with Crippen molar-refractivity contribution in [3.8, 4) is 0 Å². The second-order valence-electron chi connectivity index (χ2n) is 5.82. The van der Waals surface area contributed by atoms with Crippen LogP contribution in [0.25, 0.3) is 0 Å². The van der Waals surface area contributed by atoms with Crippen LogP contribution in [-0.2, 0) is 13.1 Å². The second-order valence-corrected chi connectivity index (χ2v) is 5.82. The highest BCUT2D eigenvalue weighted by atomic mass is 19.1. The van der Waals surface area contributed by atoms with E-state index in [-0.39, 0.29) is 17.9 Å². The van der Waals surface area contributed by atoms with Crippen LogP contribution in [0.15, 0.2) is 30.6 Å². The van der Waals surface area contributed by atoms with Gasteiger partial charge < -0.3 is 10.2 Å². The molecule has 0 spiro atoms. The van der Waals surface area contributed by atoms with Gasteiger partial charge in [0.1, 0.15) is 5.82 Å². The Morgan fingerprint density at radius 3 is 2.74 bits per heavy atom. The van der Waals surface area contributed by atoms with Gasteiger partial charge in [-0.05, 0) is 51.5 Å². The van der Waals surface area contributed by atoms with Crippen LogP contribution in [-0.4, -0.2) is 26.8 Å². The van der Waals surface area contributed by atoms with E-state index in [1.807, 2.05) is 31.6 Å². The lowest BCUT2D eigenvalue weighted by Gasteiger charge is -2.27. The topological polar surface area (TPSA) is 50.2 Å². The third-order valence-corrected chi connectivity index (χ3v) is 3.68. The minimum absolute atomic E-state index is 0.0285. The number of amides is 2. The molecular formula is C17H23FN4O. The van der Waals surface area contributed by atoms with Crippen LogP contribution in [0, 0.1) is 12.7 Å². The summed E-state index contributed by atoms with van der Waals surface area (Å²) in [5.74, 6) is -0.312. The summed E-state index contributed by atoms with van der Waals surface area (Å²) >= 11 is 0. The fourth-order valence-corrected chi connectivity index (χ4v) is 2.30. The molecule has 2 amide bonds. The average Bonchev–Trinajstić information content (AvgIpc) is 2.95. The van der Waals surface area contributed by atoms with Crippen LogP contribution >= 0.6 is 0 Å². The molecule has 124 valence electrons. The molecule has 0 aliphatic heterocycles. The van der Waals surface area contributed by atoms with Gasteiger partial charge in [-0.3, -0.25) is 4.68 Å². The van der Waals surface area contributed by atoms with Crippen molar-refractivity contribution in [3.05, 3.63) is 47.5 Å². The highest BCUT2D eigenvalue weighted by molar-refractivity contribution is 5.90. The number of carbonyl (C=O) groups excluding carboxylic acids is 1. The summed E-state index contributed by atoms with van der Waals surface area (Å²) in [5, 5.41) is 7.08. The van der Waals surface area contributed by atoms with E-state index in [0.717, 1.165) is 12.1 Å². The first-order chi connectivity index (χ1) is 10.9. The summed E-state index contributed by atoms with van der Waals surface area (Å²) in [6, 6.07) is 4.14. The van der Waals surface area contributed by atoms with E-state index in [1.54, 1.807) is 24.1 Å². The molecule has 0 fully saturated rings. The molecule has 23 heavy (non-hydrogen) atoms. The van der Waals surface area contributed by atoms with Gasteiger partial charge in [0.15, 0.2) is 0 Å². The lowest BCUT2D eigenvalue weighted by atomic mass is 10.2. The zero-order chi connectivity index (χ0) is 17.0. The predicted octanol–water partition coefficient (Wildman–Crippen LogP) is 3.79. The minimum atomic E-state index is -0.312. The lowest BCUT2D eigenvalue weighted by Crippen LogP contribution is -2.39. The molecule has 2 aromatic rings. The summed E-state index contributed by atoms with van der Waals surface area (Å²) in [5.41, 5.74) is 2.29. The van der Waals surface area contributed by atoms with Crippen molar-refractivity contribution in [1.82, 2.24) is 14.7 Å². The summed E-state index contributed by atoms with van der Waals surface area (Å²) in [7, 11) is 0. The number of rotatable bonds is 5. The molecule has 1 aromatic heterocycles. The average molecular weight is 318 g/mol. The quantitative estimate of drug-likeness (QED) is 0.912. The maximum Gasteiger partial charge on any atom is 0.322 e. The Morgan fingerprint density at radius 1 is 1.43 bits per heavy atom. The number of anilines is 1. The lowest BCUT2D eigenvalue weighted by molar-refractivity contribution is 0.193. The molecule has 1 heterocycles. The Balaban J connectivity index is 2.11. The number of hydrogen-bond donors (Lipinski definition) is 1. The van der Waals surface area contributed by atoms with Crippen molar-refractivity contribution < 1.29 is 9.18 Å². The molecule has 6 heteroatoms. The Kier molecular flexibility index (Phi) is 5.36. The first kappa shape index (κ1) is 17.0. The standard InChI is InChI=1S/C17H23FN4O/c1-5-21-10-14(9-19-21)11-22(12(2)3)17(23)20-16-7-6-15(18)8-13(16)4/h6-10,12H,5,11H2,1-4H3,(H,20,23). The molecule has 0 saturated heterocycles. The van der Waals surface area contributed by atoms with Crippen molar-refractivity contribution in [2.24, 2.45) is 0 Å². The highest BCUT2D eigenvalue weighted by Gasteiger charge is 2.19. The van der Waals surface area contributed by atoms with Gasteiger partial charge in [-0.15, -0.1) is 0 Å². The molecule has 1 aromatic carbocycles. The molecule has 0 saturated carbocycles. The van der Waals surface area contributed by atoms with Gasteiger partial charge in [0, 0.05) is 30.0 Å². The van der Waals surface area contributed by atoms with Crippen molar-refractivity contribution in [3.63, 3.8) is 0 Å². The van der Waals surface area contributed by atoms with Gasteiger partial charge in [0.2, 0.25) is 0 Å². The van der Waals surface area contributed by atoms with E-state index in [9.17, 15) is 9.18 Å². The molecule has 2 rings (SSSR count). The van der Waals surface area contributed by atoms with E-state index < -0.39 is 0 Å². The SMILES string of the molecule is CCn1cc(CN(C(=O)Nc2ccc(F)cc2C)C(C)C)cn1. The number of hydrogen-bond acceptors (Lipinski definition) is 2. The highest BCUT2D eigenvalue weighted by Crippen LogP contribution is 2.17. The summed E-state index contributed by atoms with van der Waals surface area (Å²) < 4.78 is 15.0. The van der Waals surface area contributed by atoms with Crippen LogP contribution in [0.4, 0.5) is 14.9 Å². The molecule has 0 atom stereocenters. The van der Waals surface area contributed by atoms with Crippen molar-refractivity contribution in [1.29, 1.82) is 0 Å². The van der Waals surface area contributed by atoms with Crippen molar-refractivity contribution in [2.75, 3.05) is 5.32 Å². The molecule has 0 bridgehead atoms. The first-order valence-electron chi connectivity index (χ1n) is 7.75. The smallest absolute Gasteiger partial charge is 0.318 e. The van der Waals surface area contributed by atoms with E-state index in [1.165, 1.54) is 12.1 Å². The molecule has 0 aliphatic rings. The number of carbonyl (C=O) groups is 1. The van der Waals surface area contributed by atoms with Crippen LogP contribution < -0.4 is 5.32 Å². The third-order valence-electron chi connectivity index (χ3n) is 3.68. The maximum absolute atomic E-state index is 13.2. The van der Waals surface area contributed by atoms with Gasteiger partial charge in [-0.2, -0.15) is 5.10 Å². The monoisotopic (exact) mass is 318 g/mol. The predicted molar refractivity (Wildman–Crippen MR) is 88.7 cm³/mol. The number of aromatic nitrogens is 2. The van der Waals surface area contributed by atoms with Gasteiger partial charge in [0.25, 0.3) is 0 Å². The minimum Gasteiger partial charge on any atom is -0.318 e. The van der Waals surface area contributed by atoms with Crippen molar-refractivity contribution >= 4 is 11.7 Å². The number of aryl methyl sites for hydroxylation is 2. The molecular weight excluding hydrogens is 295 g/mol. The fourth-order valence-electron chi connectivity index (χ4n) is 2.30. The van der Waals surface area contributed by atoms with Crippen LogP contribution in [0.3, 0.4) is 0 Å². The normalized spacial score (nSPS) is 10.9. The largest absolute Gasteiger partial charge is 0.322 e. The molecule has 5 nitrogen and oxygen atoms in total. The zero-order valence-electron chi connectivity index (χ0n) is 14.0.